The molecule has 2 heterocycles. The number of hydrogen-bond acceptors (Lipinski definition) is 4. The molecule has 0 saturated heterocycles. The second kappa shape index (κ2) is 6.37. The van der Waals surface area contributed by atoms with Gasteiger partial charge in [0.15, 0.2) is 0 Å². The van der Waals surface area contributed by atoms with E-state index < -0.39 is 6.10 Å². The zero-order valence-electron chi connectivity index (χ0n) is 10.6. The molecule has 1 atom stereocenters. The Morgan fingerprint density at radius 3 is 2.95 bits per heavy atom. The third-order valence-electron chi connectivity index (χ3n) is 2.75. The van der Waals surface area contributed by atoms with Crippen LogP contribution in [0.25, 0.3) is 0 Å². The van der Waals surface area contributed by atoms with Crippen molar-refractivity contribution in [3.05, 3.63) is 37.2 Å². The van der Waals surface area contributed by atoms with Gasteiger partial charge in [-0.2, -0.15) is 5.10 Å². The quantitative estimate of drug-likeness (QED) is 0.883. The molecular weight excluding hydrogens is 352 g/mol. The lowest BCUT2D eigenvalue weighted by atomic mass is 10.2. The Labute approximate surface area is 129 Å². The van der Waals surface area contributed by atoms with Crippen molar-refractivity contribution in [3.8, 4) is 0 Å². The molecular formula is C12H14BrClN2O2S. The average molecular weight is 366 g/mol. The first-order valence-corrected chi connectivity index (χ1v) is 7.67. The van der Waals surface area contributed by atoms with E-state index >= 15 is 0 Å². The monoisotopic (exact) mass is 364 g/mol. The Balaban J connectivity index is 2.32. The molecule has 0 amide bonds. The molecule has 0 fully saturated rings. The lowest BCUT2D eigenvalue weighted by molar-refractivity contribution is 0.172. The highest BCUT2D eigenvalue weighted by Crippen LogP contribution is 2.35. The molecule has 1 unspecified atom stereocenters. The van der Waals surface area contributed by atoms with Gasteiger partial charge in [-0.3, -0.25) is 4.68 Å². The molecule has 4 nitrogen and oxygen atoms in total. The predicted molar refractivity (Wildman–Crippen MR) is 79.9 cm³/mol. The van der Waals surface area contributed by atoms with Crippen LogP contribution in [-0.2, 0) is 11.3 Å². The van der Waals surface area contributed by atoms with Gasteiger partial charge < -0.3 is 9.84 Å². The number of aromatic nitrogens is 2. The SMILES string of the molecule is COCCn1ncc(Cl)c1C(O)c1cc(Br)c(C)s1. The minimum absolute atomic E-state index is 0.464. The summed E-state index contributed by atoms with van der Waals surface area (Å²) in [5.41, 5.74) is 0.604. The maximum atomic E-state index is 10.5. The lowest BCUT2D eigenvalue weighted by Gasteiger charge is -2.12. The van der Waals surface area contributed by atoms with Gasteiger partial charge in [0, 0.05) is 21.3 Å². The van der Waals surface area contributed by atoms with Crippen LogP contribution in [-0.4, -0.2) is 28.6 Å². The van der Waals surface area contributed by atoms with Crippen molar-refractivity contribution in [2.45, 2.75) is 19.6 Å². The molecule has 19 heavy (non-hydrogen) atoms. The van der Waals surface area contributed by atoms with Gasteiger partial charge in [-0.05, 0) is 28.9 Å². The topological polar surface area (TPSA) is 47.3 Å². The maximum Gasteiger partial charge on any atom is 0.131 e. The summed E-state index contributed by atoms with van der Waals surface area (Å²) in [7, 11) is 1.63. The van der Waals surface area contributed by atoms with Crippen LogP contribution in [0.5, 0.6) is 0 Å². The maximum absolute atomic E-state index is 10.5. The van der Waals surface area contributed by atoms with Crippen LogP contribution in [0, 0.1) is 6.92 Å². The summed E-state index contributed by atoms with van der Waals surface area (Å²) in [6.45, 7) is 3.07. The van der Waals surface area contributed by atoms with E-state index in [9.17, 15) is 5.11 Å². The van der Waals surface area contributed by atoms with E-state index in [-0.39, 0.29) is 0 Å². The zero-order chi connectivity index (χ0) is 14.0. The van der Waals surface area contributed by atoms with Crippen molar-refractivity contribution in [2.24, 2.45) is 0 Å². The summed E-state index contributed by atoms with van der Waals surface area (Å²) in [4.78, 5) is 1.96. The first-order valence-electron chi connectivity index (χ1n) is 5.68. The van der Waals surface area contributed by atoms with Crippen LogP contribution < -0.4 is 0 Å². The molecule has 7 heteroatoms. The molecule has 0 spiro atoms. The number of halogens is 2. The molecule has 0 bridgehead atoms. The van der Waals surface area contributed by atoms with Crippen LogP contribution in [0.2, 0.25) is 5.02 Å². The largest absolute Gasteiger partial charge is 0.383 e. The summed E-state index contributed by atoms with van der Waals surface area (Å²) >= 11 is 11.1. The van der Waals surface area contributed by atoms with Crippen molar-refractivity contribution in [1.29, 1.82) is 0 Å². The van der Waals surface area contributed by atoms with Crippen LogP contribution in [0.15, 0.2) is 16.7 Å². The number of rotatable bonds is 5. The number of aliphatic hydroxyl groups is 1. The second-order valence-corrected chi connectivity index (χ2v) is 6.60. The Morgan fingerprint density at radius 1 is 1.63 bits per heavy atom. The summed E-state index contributed by atoms with van der Waals surface area (Å²) in [5, 5.41) is 15.1. The molecule has 2 rings (SSSR count). The molecule has 0 aliphatic carbocycles. The number of nitrogens with zero attached hydrogens (tertiary/aromatic N) is 2. The fourth-order valence-corrected chi connectivity index (χ4v) is 3.55. The Morgan fingerprint density at radius 2 is 2.37 bits per heavy atom. The summed E-state index contributed by atoms with van der Waals surface area (Å²) in [5.74, 6) is 0. The third-order valence-corrected chi connectivity index (χ3v) is 5.23. The normalized spacial score (nSPS) is 12.9. The first-order chi connectivity index (χ1) is 9.04. The molecule has 0 radical (unpaired) electrons. The number of aryl methyl sites for hydroxylation is 1. The fourth-order valence-electron chi connectivity index (χ4n) is 1.75. The van der Waals surface area contributed by atoms with E-state index in [4.69, 9.17) is 16.3 Å². The van der Waals surface area contributed by atoms with E-state index in [1.165, 1.54) is 11.3 Å². The van der Waals surface area contributed by atoms with E-state index in [1.807, 2.05) is 13.0 Å². The van der Waals surface area contributed by atoms with Crippen LogP contribution >= 0.6 is 38.9 Å². The van der Waals surface area contributed by atoms with Gasteiger partial charge in [-0.15, -0.1) is 11.3 Å². The van der Waals surface area contributed by atoms with E-state index in [0.717, 1.165) is 14.2 Å². The van der Waals surface area contributed by atoms with Gasteiger partial charge in [0.25, 0.3) is 0 Å². The number of thiophene rings is 1. The van der Waals surface area contributed by atoms with Crippen LogP contribution in [0.1, 0.15) is 21.6 Å². The molecule has 2 aromatic heterocycles. The van der Waals surface area contributed by atoms with Crippen molar-refractivity contribution < 1.29 is 9.84 Å². The zero-order valence-corrected chi connectivity index (χ0v) is 13.7. The average Bonchev–Trinajstić information content (AvgIpc) is 2.90. The van der Waals surface area contributed by atoms with Gasteiger partial charge >= 0.3 is 0 Å². The minimum atomic E-state index is -0.776. The van der Waals surface area contributed by atoms with Crippen molar-refractivity contribution >= 4 is 38.9 Å². The Hall–Kier alpha value is -0.400. The number of aliphatic hydroxyl groups excluding tert-OH is 1. The van der Waals surface area contributed by atoms with Crippen LogP contribution in [0.4, 0.5) is 0 Å². The first kappa shape index (κ1) is 15.0. The fraction of sp³-hybridized carbons (Fsp3) is 0.417. The van der Waals surface area contributed by atoms with Gasteiger partial charge in [-0.25, -0.2) is 0 Å². The van der Waals surface area contributed by atoms with Gasteiger partial charge in [0.1, 0.15) is 6.10 Å². The van der Waals surface area contributed by atoms with Gasteiger partial charge in [-0.1, -0.05) is 11.6 Å². The van der Waals surface area contributed by atoms with E-state index in [1.54, 1.807) is 18.0 Å². The van der Waals surface area contributed by atoms with Crippen molar-refractivity contribution in [2.75, 3.05) is 13.7 Å². The molecule has 104 valence electrons. The molecule has 0 aliphatic rings. The van der Waals surface area contributed by atoms with Crippen molar-refractivity contribution in [3.63, 3.8) is 0 Å². The Kier molecular flexibility index (Phi) is 5.03. The smallest absolute Gasteiger partial charge is 0.131 e. The highest BCUT2D eigenvalue weighted by atomic mass is 79.9. The summed E-state index contributed by atoms with van der Waals surface area (Å²) < 4.78 is 7.70. The summed E-state index contributed by atoms with van der Waals surface area (Å²) in [6, 6.07) is 1.91. The number of methoxy groups -OCH3 is 1. The van der Waals surface area contributed by atoms with Gasteiger partial charge in [0.2, 0.25) is 0 Å². The molecule has 1 N–H and O–H groups in total. The van der Waals surface area contributed by atoms with Crippen molar-refractivity contribution in [1.82, 2.24) is 9.78 Å². The van der Waals surface area contributed by atoms with E-state index in [0.29, 0.717) is 23.9 Å². The summed E-state index contributed by atoms with van der Waals surface area (Å²) in [6.07, 6.45) is 0.771. The number of hydrogen-bond donors (Lipinski definition) is 1. The highest BCUT2D eigenvalue weighted by Gasteiger charge is 2.22. The third kappa shape index (κ3) is 3.20. The predicted octanol–water partition coefficient (Wildman–Crippen LogP) is 3.40. The minimum Gasteiger partial charge on any atom is -0.383 e. The molecule has 0 aromatic carbocycles. The molecule has 2 aromatic rings. The van der Waals surface area contributed by atoms with Crippen LogP contribution in [0.3, 0.4) is 0 Å². The molecule has 0 saturated carbocycles. The lowest BCUT2D eigenvalue weighted by Crippen LogP contribution is -2.13. The highest BCUT2D eigenvalue weighted by molar-refractivity contribution is 9.10. The second-order valence-electron chi connectivity index (χ2n) is 4.05. The van der Waals surface area contributed by atoms with Gasteiger partial charge in [0.05, 0.1) is 30.1 Å². The number of ether oxygens (including phenoxy) is 1. The van der Waals surface area contributed by atoms with E-state index in [2.05, 4.69) is 21.0 Å². The standard InChI is InChI=1S/C12H14BrClN2O2S/c1-7-8(13)5-10(19-7)12(17)11-9(14)6-15-16(11)3-4-18-2/h5-6,12,17H,3-4H2,1-2H3. The molecule has 0 aliphatic heterocycles. The Bertz CT molecular complexity index is 551.